The van der Waals surface area contributed by atoms with Crippen LogP contribution in [0.1, 0.15) is 18.3 Å². The van der Waals surface area contributed by atoms with Crippen molar-refractivity contribution in [2.75, 3.05) is 19.0 Å². The number of methoxy groups -OCH3 is 1. The van der Waals surface area contributed by atoms with Crippen LogP contribution in [-0.4, -0.2) is 35.5 Å². The first kappa shape index (κ1) is 27.7. The lowest BCUT2D eigenvalue weighted by atomic mass is 10.2. The van der Waals surface area contributed by atoms with Crippen molar-refractivity contribution in [2.24, 2.45) is 5.10 Å². The summed E-state index contributed by atoms with van der Waals surface area (Å²) in [4.78, 5) is 30.0. The second kappa shape index (κ2) is 12.1. The van der Waals surface area contributed by atoms with Crippen molar-refractivity contribution < 1.29 is 18.7 Å². The summed E-state index contributed by atoms with van der Waals surface area (Å²) in [6, 6.07) is 12.4. The lowest BCUT2D eigenvalue weighted by molar-refractivity contribution is -0.118. The Morgan fingerprint density at radius 2 is 2.03 bits per heavy atom. The van der Waals surface area contributed by atoms with Crippen molar-refractivity contribution in [3.8, 4) is 11.5 Å². The number of halogens is 4. The number of nitrogens with one attached hydrogen (secondary N) is 1. The molecule has 1 N–H and O–H groups in total. The predicted molar refractivity (Wildman–Crippen MR) is 152 cm³/mol. The van der Waals surface area contributed by atoms with Crippen LogP contribution in [0.4, 0.5) is 10.1 Å². The van der Waals surface area contributed by atoms with Gasteiger partial charge >= 0.3 is 0 Å². The van der Waals surface area contributed by atoms with Crippen LogP contribution in [0.25, 0.3) is 10.9 Å². The number of carbonyl (C=O) groups excluding carboxylic acids is 1. The van der Waals surface area contributed by atoms with Crippen LogP contribution >= 0.6 is 43.5 Å². The molecule has 3 aromatic carbocycles. The van der Waals surface area contributed by atoms with Gasteiger partial charge in [-0.1, -0.05) is 40.5 Å². The van der Waals surface area contributed by atoms with Gasteiger partial charge in [0.25, 0.3) is 11.5 Å². The minimum atomic E-state index is -0.516. The van der Waals surface area contributed by atoms with Crippen LogP contribution in [-0.2, 0) is 11.2 Å². The molecule has 38 heavy (non-hydrogen) atoms. The predicted octanol–water partition coefficient (Wildman–Crippen LogP) is 6.18. The number of ether oxygens (including phenoxy) is 2. The highest BCUT2D eigenvalue weighted by Crippen LogP contribution is 2.42. The van der Waals surface area contributed by atoms with E-state index >= 15 is 0 Å². The van der Waals surface area contributed by atoms with Crippen molar-refractivity contribution in [3.05, 3.63) is 90.1 Å². The van der Waals surface area contributed by atoms with Crippen LogP contribution in [0, 0.1) is 5.82 Å². The molecule has 12 heteroatoms. The Morgan fingerprint density at radius 1 is 1.24 bits per heavy atom. The number of rotatable bonds is 8. The molecule has 0 saturated carbocycles. The molecule has 0 aliphatic rings. The molecule has 8 nitrogen and oxygen atoms in total. The summed E-state index contributed by atoms with van der Waals surface area (Å²) in [6.45, 7) is 1.48. The maximum Gasteiger partial charge on any atom is 0.282 e. The van der Waals surface area contributed by atoms with Crippen molar-refractivity contribution in [1.82, 2.24) is 9.66 Å². The minimum Gasteiger partial charge on any atom is -0.493 e. The quantitative estimate of drug-likeness (QED) is 0.227. The van der Waals surface area contributed by atoms with Crippen LogP contribution in [0.5, 0.6) is 11.5 Å². The number of nitrogens with zero attached hydrogens (tertiary/aromatic N) is 3. The molecule has 1 amide bonds. The number of aromatic nitrogens is 2. The van der Waals surface area contributed by atoms with Crippen LogP contribution in [0.15, 0.2) is 67.4 Å². The first-order chi connectivity index (χ1) is 18.2. The Kier molecular flexibility index (Phi) is 8.80. The minimum absolute atomic E-state index is 0.122. The fourth-order valence-electron chi connectivity index (χ4n) is 3.55. The average molecular weight is 667 g/mol. The fourth-order valence-corrected chi connectivity index (χ4v) is 4.56. The van der Waals surface area contributed by atoms with Gasteiger partial charge in [-0.2, -0.15) is 9.78 Å². The Balaban J connectivity index is 1.61. The van der Waals surface area contributed by atoms with Crippen LogP contribution in [0.3, 0.4) is 0 Å². The molecule has 1 aromatic heterocycles. The molecule has 0 saturated heterocycles. The van der Waals surface area contributed by atoms with E-state index in [0.717, 1.165) is 4.47 Å². The lowest BCUT2D eigenvalue weighted by Crippen LogP contribution is -2.22. The molecule has 1 heterocycles. The summed E-state index contributed by atoms with van der Waals surface area (Å²) in [7, 11) is 1.42. The fraction of sp³-hybridized carbons (Fsp3) is 0.154. The van der Waals surface area contributed by atoms with Crippen molar-refractivity contribution >= 4 is 72.2 Å². The van der Waals surface area contributed by atoms with Gasteiger partial charge in [-0.25, -0.2) is 9.37 Å². The van der Waals surface area contributed by atoms with Crippen molar-refractivity contribution in [3.63, 3.8) is 0 Å². The largest absolute Gasteiger partial charge is 0.493 e. The number of carbonyl (C=O) groups is 1. The first-order valence-corrected chi connectivity index (χ1v) is 13.2. The van der Waals surface area contributed by atoms with Gasteiger partial charge in [0.1, 0.15) is 16.7 Å². The zero-order valence-electron chi connectivity index (χ0n) is 20.1. The van der Waals surface area contributed by atoms with E-state index < -0.39 is 18.3 Å². The van der Waals surface area contributed by atoms with E-state index in [1.54, 1.807) is 24.3 Å². The van der Waals surface area contributed by atoms with Crippen LogP contribution < -0.4 is 20.3 Å². The molecule has 0 spiro atoms. The summed E-state index contributed by atoms with van der Waals surface area (Å²) in [5, 5.41) is 7.48. The maximum absolute atomic E-state index is 13.4. The maximum atomic E-state index is 13.4. The summed E-state index contributed by atoms with van der Waals surface area (Å²) < 4.78 is 26.8. The van der Waals surface area contributed by atoms with Gasteiger partial charge in [-0.15, -0.1) is 0 Å². The van der Waals surface area contributed by atoms with E-state index in [-0.39, 0.29) is 22.1 Å². The molecule has 0 atom stereocenters. The first-order valence-electron chi connectivity index (χ1n) is 11.2. The lowest BCUT2D eigenvalue weighted by Gasteiger charge is -2.15. The molecular formula is C26H20Br2ClFN4O4. The number of hydrogen-bond donors (Lipinski definition) is 1. The second-order valence-electron chi connectivity index (χ2n) is 7.88. The molecule has 4 aromatic rings. The third kappa shape index (κ3) is 6.06. The Hall–Kier alpha value is -3.28. The average Bonchev–Trinajstić information content (AvgIpc) is 2.89. The molecular weight excluding hydrogens is 647 g/mol. The summed E-state index contributed by atoms with van der Waals surface area (Å²) in [6.07, 6.45) is 1.93. The highest BCUT2D eigenvalue weighted by Gasteiger charge is 2.19. The number of aryl methyl sites for hydroxylation is 1. The van der Waals surface area contributed by atoms with Gasteiger partial charge < -0.3 is 14.8 Å². The zero-order valence-corrected chi connectivity index (χ0v) is 24.0. The Morgan fingerprint density at radius 3 is 2.74 bits per heavy atom. The Labute approximate surface area is 238 Å². The third-order valence-corrected chi connectivity index (χ3v) is 7.27. The van der Waals surface area contributed by atoms with E-state index in [4.69, 9.17) is 21.1 Å². The topological polar surface area (TPSA) is 94.8 Å². The van der Waals surface area contributed by atoms with E-state index in [0.29, 0.717) is 38.9 Å². The number of amides is 1. The Bertz CT molecular complexity index is 1630. The molecule has 0 radical (unpaired) electrons. The number of benzene rings is 3. The molecule has 0 aliphatic heterocycles. The highest BCUT2D eigenvalue weighted by molar-refractivity contribution is 9.10. The van der Waals surface area contributed by atoms with Crippen molar-refractivity contribution in [1.29, 1.82) is 0 Å². The molecule has 0 aliphatic carbocycles. The van der Waals surface area contributed by atoms with Gasteiger partial charge in [0.2, 0.25) is 0 Å². The van der Waals surface area contributed by atoms with Gasteiger partial charge in [-0.3, -0.25) is 9.59 Å². The normalized spacial score (nSPS) is 11.2. The van der Waals surface area contributed by atoms with E-state index in [9.17, 15) is 14.0 Å². The SMILES string of the molecule is CCc1nc2ccc(Br)cc2c(=O)n1N=Cc1cc(OC)c(OCC(=O)Nc2cccc(F)c2)c(Cl)c1Br. The number of hydrogen-bond acceptors (Lipinski definition) is 6. The molecule has 0 fully saturated rings. The van der Waals surface area contributed by atoms with Gasteiger partial charge in [0, 0.05) is 26.6 Å². The summed E-state index contributed by atoms with van der Waals surface area (Å²) in [5.41, 5.74) is 1.05. The number of fused-ring (bicyclic) bond motifs is 1. The standard InChI is InChI=1S/C26H20Br2ClFN4O4/c1-3-21-33-19-8-7-15(27)10-18(19)26(36)34(21)31-12-14-9-20(37-2)25(24(29)23(14)28)38-13-22(35)32-17-6-4-5-16(30)11-17/h4-12H,3,13H2,1-2H3,(H,32,35). The third-order valence-electron chi connectivity index (χ3n) is 5.34. The second-order valence-corrected chi connectivity index (χ2v) is 9.96. The zero-order chi connectivity index (χ0) is 27.4. The molecule has 0 bridgehead atoms. The molecule has 196 valence electrons. The monoisotopic (exact) mass is 664 g/mol. The highest BCUT2D eigenvalue weighted by atomic mass is 79.9. The van der Waals surface area contributed by atoms with Crippen LogP contribution in [0.2, 0.25) is 5.02 Å². The van der Waals surface area contributed by atoms with Gasteiger partial charge in [0.15, 0.2) is 18.1 Å². The van der Waals surface area contributed by atoms with Crippen molar-refractivity contribution in [2.45, 2.75) is 13.3 Å². The van der Waals surface area contributed by atoms with E-state index in [1.165, 1.54) is 36.2 Å². The number of anilines is 1. The smallest absolute Gasteiger partial charge is 0.282 e. The molecule has 4 rings (SSSR count). The van der Waals surface area contributed by atoms with Gasteiger partial charge in [0.05, 0.1) is 24.2 Å². The van der Waals surface area contributed by atoms with E-state index in [2.05, 4.69) is 47.3 Å². The van der Waals surface area contributed by atoms with E-state index in [1.807, 2.05) is 13.0 Å². The summed E-state index contributed by atoms with van der Waals surface area (Å²) >= 11 is 13.3. The summed E-state index contributed by atoms with van der Waals surface area (Å²) in [5.74, 6) is -0.148. The molecule has 0 unspecified atom stereocenters. The van der Waals surface area contributed by atoms with Gasteiger partial charge in [-0.05, 0) is 58.4 Å².